The zero-order chi connectivity index (χ0) is 10.5. The lowest BCUT2D eigenvalue weighted by molar-refractivity contribution is 0.0813. The van der Waals surface area contributed by atoms with Crippen LogP contribution in [0.5, 0.6) is 0 Å². The van der Waals surface area contributed by atoms with Gasteiger partial charge in [-0.1, -0.05) is 42.5 Å². The van der Waals surface area contributed by atoms with Crippen LogP contribution in [-0.2, 0) is 4.74 Å². The van der Waals surface area contributed by atoms with Crippen LogP contribution in [0.15, 0.2) is 42.5 Å². The first-order valence-corrected chi connectivity index (χ1v) is 5.73. The van der Waals surface area contributed by atoms with E-state index in [9.17, 15) is 0 Å². The Morgan fingerprint density at radius 1 is 1.27 bits per heavy atom. The van der Waals surface area contributed by atoms with E-state index in [0.29, 0.717) is 12.0 Å². The lowest BCUT2D eigenvalue weighted by Gasteiger charge is -2.24. The van der Waals surface area contributed by atoms with E-state index in [1.165, 1.54) is 5.56 Å². The van der Waals surface area contributed by atoms with Gasteiger partial charge in [-0.25, -0.2) is 0 Å². The molecule has 0 N–H and O–H groups in total. The second-order valence-corrected chi connectivity index (χ2v) is 4.00. The van der Waals surface area contributed by atoms with Gasteiger partial charge in [-0.15, -0.1) is 0 Å². The fourth-order valence-corrected chi connectivity index (χ4v) is 2.18. The third-order valence-electron chi connectivity index (χ3n) is 2.94. The molecule has 0 bridgehead atoms. The van der Waals surface area contributed by atoms with E-state index in [1.54, 1.807) is 0 Å². The quantitative estimate of drug-likeness (QED) is 0.681. The van der Waals surface area contributed by atoms with E-state index >= 15 is 0 Å². The Balaban J connectivity index is 2.04. The molecule has 0 fully saturated rings. The number of hydrogen-bond acceptors (Lipinski definition) is 1. The molecule has 0 aromatic heterocycles. The summed E-state index contributed by atoms with van der Waals surface area (Å²) in [5, 5.41) is 0. The van der Waals surface area contributed by atoms with Crippen LogP contribution >= 0.6 is 0 Å². The molecule has 0 saturated carbocycles. The summed E-state index contributed by atoms with van der Waals surface area (Å²) in [7, 11) is 0. The van der Waals surface area contributed by atoms with Crippen molar-refractivity contribution in [3.63, 3.8) is 0 Å². The Hall–Kier alpha value is -1.08. The standard InChI is InChI=1S/C14H18O/c1-2-15-14-10-6-9-13(11-14)12-7-4-3-5-8-12/h3-8,10,13-14H,2,9,11H2,1H3/t13-,14-/m1/s1. The fourth-order valence-electron chi connectivity index (χ4n) is 2.18. The topological polar surface area (TPSA) is 9.23 Å². The minimum absolute atomic E-state index is 0.314. The van der Waals surface area contributed by atoms with Gasteiger partial charge in [-0.05, 0) is 31.2 Å². The molecular formula is C14H18O. The van der Waals surface area contributed by atoms with Crippen LogP contribution in [0.1, 0.15) is 31.2 Å². The lowest BCUT2D eigenvalue weighted by Crippen LogP contribution is -2.17. The molecule has 0 heterocycles. The number of allylic oxidation sites excluding steroid dienone is 1. The molecule has 1 nitrogen and oxygen atoms in total. The van der Waals surface area contributed by atoms with E-state index in [0.717, 1.165) is 19.4 Å². The smallest absolute Gasteiger partial charge is 0.0761 e. The largest absolute Gasteiger partial charge is 0.374 e. The minimum Gasteiger partial charge on any atom is -0.374 e. The highest BCUT2D eigenvalue weighted by molar-refractivity contribution is 5.22. The Labute approximate surface area is 91.8 Å². The molecule has 0 spiro atoms. The molecule has 2 rings (SSSR count). The summed E-state index contributed by atoms with van der Waals surface area (Å²) in [5.74, 6) is 0.632. The Morgan fingerprint density at radius 2 is 2.07 bits per heavy atom. The van der Waals surface area contributed by atoms with Gasteiger partial charge >= 0.3 is 0 Å². The SMILES string of the molecule is CCO[C@@H]1C=CC[C@@H](c2ccccc2)C1. The van der Waals surface area contributed by atoms with Gasteiger partial charge in [0.25, 0.3) is 0 Å². The third-order valence-corrected chi connectivity index (χ3v) is 2.94. The Morgan fingerprint density at radius 3 is 2.80 bits per heavy atom. The van der Waals surface area contributed by atoms with Gasteiger partial charge in [0, 0.05) is 6.61 Å². The van der Waals surface area contributed by atoms with Crippen LogP contribution in [-0.4, -0.2) is 12.7 Å². The van der Waals surface area contributed by atoms with Crippen molar-refractivity contribution in [2.24, 2.45) is 0 Å². The first kappa shape index (κ1) is 10.4. The number of ether oxygens (including phenoxy) is 1. The van der Waals surface area contributed by atoms with Crippen molar-refractivity contribution in [1.82, 2.24) is 0 Å². The van der Waals surface area contributed by atoms with E-state index in [2.05, 4.69) is 49.4 Å². The van der Waals surface area contributed by atoms with Crippen LogP contribution in [0.2, 0.25) is 0 Å². The van der Waals surface area contributed by atoms with Gasteiger partial charge in [-0.2, -0.15) is 0 Å². The monoisotopic (exact) mass is 202 g/mol. The molecule has 0 aliphatic heterocycles. The number of rotatable bonds is 3. The fraction of sp³-hybridized carbons (Fsp3) is 0.429. The Bertz CT molecular complexity index is 315. The van der Waals surface area contributed by atoms with E-state index in [-0.39, 0.29) is 0 Å². The van der Waals surface area contributed by atoms with Crippen molar-refractivity contribution in [1.29, 1.82) is 0 Å². The summed E-state index contributed by atoms with van der Waals surface area (Å²) in [6, 6.07) is 10.7. The molecule has 2 atom stereocenters. The van der Waals surface area contributed by atoms with Crippen molar-refractivity contribution < 1.29 is 4.74 Å². The lowest BCUT2D eigenvalue weighted by atomic mass is 9.86. The summed E-state index contributed by atoms with van der Waals surface area (Å²) in [6.07, 6.45) is 7.03. The van der Waals surface area contributed by atoms with E-state index in [4.69, 9.17) is 4.74 Å². The van der Waals surface area contributed by atoms with E-state index in [1.807, 2.05) is 0 Å². The molecule has 0 amide bonds. The maximum Gasteiger partial charge on any atom is 0.0761 e. The van der Waals surface area contributed by atoms with Gasteiger partial charge in [0.1, 0.15) is 0 Å². The zero-order valence-corrected chi connectivity index (χ0v) is 9.23. The maximum atomic E-state index is 5.65. The molecule has 15 heavy (non-hydrogen) atoms. The van der Waals surface area contributed by atoms with Gasteiger partial charge < -0.3 is 4.74 Å². The third kappa shape index (κ3) is 2.69. The predicted molar refractivity (Wildman–Crippen MR) is 63.0 cm³/mol. The highest BCUT2D eigenvalue weighted by Crippen LogP contribution is 2.30. The summed E-state index contributed by atoms with van der Waals surface area (Å²) in [5.41, 5.74) is 1.44. The van der Waals surface area contributed by atoms with Crippen LogP contribution in [0.25, 0.3) is 0 Å². The summed E-state index contributed by atoms with van der Waals surface area (Å²) in [4.78, 5) is 0. The first-order valence-electron chi connectivity index (χ1n) is 5.73. The highest BCUT2D eigenvalue weighted by atomic mass is 16.5. The zero-order valence-electron chi connectivity index (χ0n) is 9.23. The van der Waals surface area contributed by atoms with Crippen molar-refractivity contribution in [3.8, 4) is 0 Å². The number of hydrogen-bond donors (Lipinski definition) is 0. The molecule has 0 saturated heterocycles. The summed E-state index contributed by atoms with van der Waals surface area (Å²) < 4.78 is 5.65. The average Bonchev–Trinajstić information content (AvgIpc) is 2.31. The molecule has 80 valence electrons. The summed E-state index contributed by atoms with van der Waals surface area (Å²) >= 11 is 0. The molecule has 1 aliphatic carbocycles. The average molecular weight is 202 g/mol. The van der Waals surface area contributed by atoms with Crippen LogP contribution in [0.3, 0.4) is 0 Å². The van der Waals surface area contributed by atoms with Crippen LogP contribution in [0.4, 0.5) is 0 Å². The van der Waals surface area contributed by atoms with Crippen molar-refractivity contribution in [3.05, 3.63) is 48.0 Å². The second kappa shape index (κ2) is 5.13. The molecule has 1 heteroatoms. The molecule has 0 unspecified atom stereocenters. The summed E-state index contributed by atoms with van der Waals surface area (Å²) in [6.45, 7) is 2.86. The minimum atomic E-state index is 0.314. The number of benzene rings is 1. The van der Waals surface area contributed by atoms with Gasteiger partial charge in [0.2, 0.25) is 0 Å². The maximum absolute atomic E-state index is 5.65. The molecule has 1 aromatic carbocycles. The van der Waals surface area contributed by atoms with Crippen molar-refractivity contribution in [2.75, 3.05) is 6.61 Å². The second-order valence-electron chi connectivity index (χ2n) is 4.00. The molecule has 0 radical (unpaired) electrons. The van der Waals surface area contributed by atoms with Crippen LogP contribution < -0.4 is 0 Å². The van der Waals surface area contributed by atoms with Gasteiger partial charge in [-0.3, -0.25) is 0 Å². The van der Waals surface area contributed by atoms with Crippen molar-refractivity contribution >= 4 is 0 Å². The van der Waals surface area contributed by atoms with Gasteiger partial charge in [0.05, 0.1) is 6.10 Å². The first-order chi connectivity index (χ1) is 7.40. The predicted octanol–water partition coefficient (Wildman–Crippen LogP) is 3.53. The van der Waals surface area contributed by atoms with Crippen molar-refractivity contribution in [2.45, 2.75) is 31.8 Å². The Kier molecular flexibility index (Phi) is 3.57. The molecule has 1 aromatic rings. The van der Waals surface area contributed by atoms with E-state index < -0.39 is 0 Å². The van der Waals surface area contributed by atoms with Crippen LogP contribution in [0, 0.1) is 0 Å². The molecular weight excluding hydrogens is 184 g/mol. The highest BCUT2D eigenvalue weighted by Gasteiger charge is 2.18. The van der Waals surface area contributed by atoms with Gasteiger partial charge in [0.15, 0.2) is 0 Å². The molecule has 1 aliphatic rings. The normalized spacial score (nSPS) is 25.4.